The number of benzene rings is 1. The number of carboxylic acid groups (broad SMARTS) is 1. The minimum absolute atomic E-state index is 0.00226. The average molecular weight is 497 g/mol. The standard InChI is InChI=1S/C26H36N6O4/c1-30(2)10-9-27-24(33)17-31-11-13-32(14-12-31)23-16-21(26(35)36)20-15-19(7-8-22(20)29-23)28-25(34)18-5-3-4-6-18/h7-8,15-16,18H,3-6,9-14,17H2,1-2H3,(H,27,33)(H,28,34)(H,35,36). The monoisotopic (exact) mass is 496 g/mol. The molecule has 36 heavy (non-hydrogen) atoms. The molecule has 2 amide bonds. The Morgan fingerprint density at radius 1 is 1.08 bits per heavy atom. The highest BCUT2D eigenvalue weighted by molar-refractivity contribution is 6.05. The van der Waals surface area contributed by atoms with Crippen LogP contribution in [0.4, 0.5) is 11.5 Å². The fourth-order valence-corrected chi connectivity index (χ4v) is 4.87. The maximum Gasteiger partial charge on any atom is 0.336 e. The van der Waals surface area contributed by atoms with Crippen molar-refractivity contribution in [1.29, 1.82) is 0 Å². The van der Waals surface area contributed by atoms with Crippen LogP contribution in [-0.2, 0) is 9.59 Å². The number of amides is 2. The van der Waals surface area contributed by atoms with Gasteiger partial charge in [0.25, 0.3) is 0 Å². The Morgan fingerprint density at radius 3 is 2.47 bits per heavy atom. The topological polar surface area (TPSA) is 118 Å². The second-order valence-corrected chi connectivity index (χ2v) is 9.95. The Kier molecular flexibility index (Phi) is 8.37. The van der Waals surface area contributed by atoms with Crippen molar-refractivity contribution in [3.8, 4) is 0 Å². The van der Waals surface area contributed by atoms with Crippen LogP contribution in [-0.4, -0.2) is 97.6 Å². The van der Waals surface area contributed by atoms with Crippen molar-refractivity contribution in [2.45, 2.75) is 25.7 Å². The van der Waals surface area contributed by atoms with E-state index in [-0.39, 0.29) is 23.3 Å². The van der Waals surface area contributed by atoms with E-state index in [1.165, 1.54) is 0 Å². The molecule has 2 fully saturated rings. The minimum Gasteiger partial charge on any atom is -0.478 e. The molecule has 0 spiro atoms. The Hall–Kier alpha value is -3.24. The van der Waals surface area contributed by atoms with Gasteiger partial charge in [-0.2, -0.15) is 0 Å². The van der Waals surface area contributed by atoms with Gasteiger partial charge in [-0.05, 0) is 51.2 Å². The fourth-order valence-electron chi connectivity index (χ4n) is 4.87. The third-order valence-electron chi connectivity index (χ3n) is 6.96. The van der Waals surface area contributed by atoms with Crippen LogP contribution in [0.1, 0.15) is 36.0 Å². The smallest absolute Gasteiger partial charge is 0.336 e. The van der Waals surface area contributed by atoms with Crippen molar-refractivity contribution in [2.75, 3.05) is 70.1 Å². The van der Waals surface area contributed by atoms with Gasteiger partial charge in [0.05, 0.1) is 17.6 Å². The van der Waals surface area contributed by atoms with Crippen LogP contribution >= 0.6 is 0 Å². The number of fused-ring (bicyclic) bond motifs is 1. The number of piperazine rings is 1. The Bertz CT molecular complexity index is 1110. The van der Waals surface area contributed by atoms with E-state index in [9.17, 15) is 19.5 Å². The molecule has 2 aliphatic rings. The van der Waals surface area contributed by atoms with Crippen LogP contribution in [0.3, 0.4) is 0 Å². The number of nitrogens with one attached hydrogen (secondary N) is 2. The maximum atomic E-state index is 12.5. The average Bonchev–Trinajstić information content (AvgIpc) is 3.39. The largest absolute Gasteiger partial charge is 0.478 e. The van der Waals surface area contributed by atoms with Gasteiger partial charge in [0.15, 0.2) is 0 Å². The van der Waals surface area contributed by atoms with Gasteiger partial charge < -0.3 is 25.5 Å². The molecule has 10 heteroatoms. The molecular formula is C26H36N6O4. The predicted molar refractivity (Wildman–Crippen MR) is 140 cm³/mol. The quantitative estimate of drug-likeness (QED) is 0.482. The van der Waals surface area contributed by atoms with E-state index in [4.69, 9.17) is 4.98 Å². The second-order valence-electron chi connectivity index (χ2n) is 9.95. The van der Waals surface area contributed by atoms with Crippen molar-refractivity contribution in [2.24, 2.45) is 5.92 Å². The number of nitrogens with zero attached hydrogens (tertiary/aromatic N) is 4. The molecule has 2 aromatic rings. The first-order chi connectivity index (χ1) is 17.3. The van der Waals surface area contributed by atoms with Gasteiger partial charge in [-0.15, -0.1) is 0 Å². The lowest BCUT2D eigenvalue weighted by molar-refractivity contribution is -0.122. The van der Waals surface area contributed by atoms with E-state index in [1.807, 2.05) is 19.0 Å². The van der Waals surface area contributed by atoms with Crippen molar-refractivity contribution in [1.82, 2.24) is 20.1 Å². The molecule has 0 atom stereocenters. The minimum atomic E-state index is -1.03. The Balaban J connectivity index is 1.41. The van der Waals surface area contributed by atoms with Crippen LogP contribution in [0.2, 0.25) is 0 Å². The summed E-state index contributed by atoms with van der Waals surface area (Å²) in [6.45, 7) is 4.45. The highest BCUT2D eigenvalue weighted by Gasteiger charge is 2.24. The lowest BCUT2D eigenvalue weighted by Crippen LogP contribution is -2.50. The van der Waals surface area contributed by atoms with Crippen LogP contribution in [0.15, 0.2) is 24.3 Å². The molecule has 194 valence electrons. The van der Waals surface area contributed by atoms with E-state index in [0.29, 0.717) is 61.7 Å². The van der Waals surface area contributed by atoms with Gasteiger partial charge in [-0.1, -0.05) is 12.8 Å². The maximum absolute atomic E-state index is 12.5. The van der Waals surface area contributed by atoms with E-state index in [2.05, 4.69) is 20.4 Å². The number of hydrogen-bond donors (Lipinski definition) is 3. The number of rotatable bonds is 9. The predicted octanol–water partition coefficient (Wildman–Crippen LogP) is 1.86. The molecule has 0 bridgehead atoms. The van der Waals surface area contributed by atoms with E-state index < -0.39 is 5.97 Å². The van der Waals surface area contributed by atoms with Gasteiger partial charge in [0.2, 0.25) is 11.8 Å². The van der Waals surface area contributed by atoms with Gasteiger partial charge in [-0.25, -0.2) is 9.78 Å². The first-order valence-corrected chi connectivity index (χ1v) is 12.7. The number of pyridine rings is 1. The summed E-state index contributed by atoms with van der Waals surface area (Å²) < 4.78 is 0. The number of anilines is 2. The van der Waals surface area contributed by atoms with Gasteiger partial charge >= 0.3 is 5.97 Å². The molecular weight excluding hydrogens is 460 g/mol. The lowest BCUT2D eigenvalue weighted by atomic mass is 10.1. The normalized spacial score (nSPS) is 17.0. The van der Waals surface area contributed by atoms with Gasteiger partial charge in [0.1, 0.15) is 5.82 Å². The molecule has 4 rings (SSSR count). The number of hydrogen-bond acceptors (Lipinski definition) is 7. The number of likely N-dealkylation sites (N-methyl/N-ethyl adjacent to an activating group) is 1. The van der Waals surface area contributed by atoms with Crippen molar-refractivity contribution >= 4 is 40.2 Å². The highest BCUT2D eigenvalue weighted by atomic mass is 16.4. The third kappa shape index (κ3) is 6.50. The van der Waals surface area contributed by atoms with E-state index in [1.54, 1.807) is 24.3 Å². The number of aromatic nitrogens is 1. The fraction of sp³-hybridized carbons (Fsp3) is 0.538. The first-order valence-electron chi connectivity index (χ1n) is 12.7. The third-order valence-corrected chi connectivity index (χ3v) is 6.96. The second kappa shape index (κ2) is 11.7. The zero-order valence-corrected chi connectivity index (χ0v) is 21.1. The summed E-state index contributed by atoms with van der Waals surface area (Å²) in [5.41, 5.74) is 1.33. The van der Waals surface area contributed by atoms with Gasteiger partial charge in [-0.3, -0.25) is 14.5 Å². The molecule has 1 aliphatic carbocycles. The SMILES string of the molecule is CN(C)CCNC(=O)CN1CCN(c2cc(C(=O)O)c3cc(NC(=O)C4CCCC4)ccc3n2)CC1. The zero-order chi connectivity index (χ0) is 25.7. The molecule has 1 aliphatic heterocycles. The summed E-state index contributed by atoms with van der Waals surface area (Å²) in [5.74, 6) is -0.382. The molecule has 1 aromatic heterocycles. The molecule has 0 unspecified atom stereocenters. The summed E-state index contributed by atoms with van der Waals surface area (Å²) in [6, 6.07) is 6.86. The number of aromatic carboxylic acids is 1. The van der Waals surface area contributed by atoms with Crippen molar-refractivity contribution in [3.05, 3.63) is 29.8 Å². The summed E-state index contributed by atoms with van der Waals surface area (Å²) in [6.07, 6.45) is 3.95. The molecule has 10 nitrogen and oxygen atoms in total. The summed E-state index contributed by atoms with van der Waals surface area (Å²) in [5, 5.41) is 16.3. The summed E-state index contributed by atoms with van der Waals surface area (Å²) in [4.78, 5) is 47.7. The summed E-state index contributed by atoms with van der Waals surface area (Å²) in [7, 11) is 3.94. The van der Waals surface area contributed by atoms with E-state index >= 15 is 0 Å². The lowest BCUT2D eigenvalue weighted by Gasteiger charge is -2.35. The first kappa shape index (κ1) is 25.8. The van der Waals surface area contributed by atoms with Crippen LogP contribution in [0, 0.1) is 5.92 Å². The van der Waals surface area contributed by atoms with Crippen molar-refractivity contribution < 1.29 is 19.5 Å². The highest BCUT2D eigenvalue weighted by Crippen LogP contribution is 2.29. The molecule has 0 radical (unpaired) electrons. The number of carbonyl (C=O) groups is 3. The number of carboxylic acids is 1. The van der Waals surface area contributed by atoms with E-state index in [0.717, 1.165) is 32.2 Å². The van der Waals surface area contributed by atoms with Crippen LogP contribution < -0.4 is 15.5 Å². The molecule has 1 saturated heterocycles. The van der Waals surface area contributed by atoms with Gasteiger partial charge in [0, 0.05) is 56.3 Å². The summed E-state index contributed by atoms with van der Waals surface area (Å²) >= 11 is 0. The van der Waals surface area contributed by atoms with Crippen LogP contribution in [0.25, 0.3) is 10.9 Å². The zero-order valence-electron chi connectivity index (χ0n) is 21.1. The Labute approximate surface area is 211 Å². The molecule has 1 saturated carbocycles. The Morgan fingerprint density at radius 2 is 1.81 bits per heavy atom. The molecule has 1 aromatic carbocycles. The molecule has 3 N–H and O–H groups in total. The van der Waals surface area contributed by atoms with Crippen molar-refractivity contribution in [3.63, 3.8) is 0 Å². The molecule has 2 heterocycles. The van der Waals surface area contributed by atoms with Crippen LogP contribution in [0.5, 0.6) is 0 Å². The number of carbonyl (C=O) groups excluding carboxylic acids is 2.